The highest BCUT2D eigenvalue weighted by Gasteiger charge is 2.42. The second-order valence-electron chi connectivity index (χ2n) is 8.41. The summed E-state index contributed by atoms with van der Waals surface area (Å²) in [5.41, 5.74) is 3.73. The summed E-state index contributed by atoms with van der Waals surface area (Å²) in [6, 6.07) is 32.1. The summed E-state index contributed by atoms with van der Waals surface area (Å²) >= 11 is 0. The van der Waals surface area contributed by atoms with E-state index in [1.54, 1.807) is 0 Å². The summed E-state index contributed by atoms with van der Waals surface area (Å²) in [5.74, 6) is 0. The van der Waals surface area contributed by atoms with Gasteiger partial charge in [-0.15, -0.1) is 0 Å². The minimum atomic E-state index is -0.345. The van der Waals surface area contributed by atoms with Crippen LogP contribution < -0.4 is 0 Å². The molecule has 0 aliphatic carbocycles. The standard InChI is InChI=1S/C28H33NO2/c1-4-26(24-16-10-6-11-17-24)31-28-27(25-18-12-7-13-19-25)29(21(2)22(3)30-28)20-23-14-8-5-9-15-23/h5-19,21-22,26-28H,4,20H2,1-3H3/t21?,22?,26?,27-,28?/m0/s1. The molecule has 0 N–H and O–H groups in total. The Morgan fingerprint density at radius 2 is 1.42 bits per heavy atom. The second kappa shape index (κ2) is 10.2. The highest BCUT2D eigenvalue weighted by atomic mass is 16.7. The fourth-order valence-electron chi connectivity index (χ4n) is 4.46. The lowest BCUT2D eigenvalue weighted by atomic mass is 9.97. The van der Waals surface area contributed by atoms with E-state index >= 15 is 0 Å². The Morgan fingerprint density at radius 1 is 0.839 bits per heavy atom. The first kappa shape index (κ1) is 21.8. The number of benzene rings is 3. The van der Waals surface area contributed by atoms with Crippen molar-refractivity contribution in [1.29, 1.82) is 0 Å². The van der Waals surface area contributed by atoms with E-state index in [2.05, 4.69) is 111 Å². The maximum absolute atomic E-state index is 6.72. The number of hydrogen-bond acceptors (Lipinski definition) is 3. The molecule has 0 radical (unpaired) electrons. The third-order valence-corrected chi connectivity index (χ3v) is 6.36. The van der Waals surface area contributed by atoms with E-state index in [4.69, 9.17) is 9.47 Å². The second-order valence-corrected chi connectivity index (χ2v) is 8.41. The average Bonchev–Trinajstić information content (AvgIpc) is 2.82. The molecule has 3 nitrogen and oxygen atoms in total. The third-order valence-electron chi connectivity index (χ3n) is 6.36. The van der Waals surface area contributed by atoms with Crippen molar-refractivity contribution in [2.45, 2.75) is 64.3 Å². The normalized spacial score (nSPS) is 25.3. The number of hydrogen-bond donors (Lipinski definition) is 0. The molecular weight excluding hydrogens is 382 g/mol. The van der Waals surface area contributed by atoms with Crippen LogP contribution in [-0.4, -0.2) is 23.3 Å². The van der Waals surface area contributed by atoms with Crippen molar-refractivity contribution in [3.8, 4) is 0 Å². The van der Waals surface area contributed by atoms with Gasteiger partial charge in [0.05, 0.1) is 18.2 Å². The molecule has 0 aromatic heterocycles. The van der Waals surface area contributed by atoms with E-state index in [-0.39, 0.29) is 30.6 Å². The van der Waals surface area contributed by atoms with Gasteiger partial charge in [-0.2, -0.15) is 0 Å². The smallest absolute Gasteiger partial charge is 0.178 e. The lowest BCUT2D eigenvalue weighted by Crippen LogP contribution is -2.54. The molecule has 31 heavy (non-hydrogen) atoms. The molecule has 4 rings (SSSR count). The van der Waals surface area contributed by atoms with Crippen LogP contribution in [-0.2, 0) is 16.0 Å². The molecule has 1 aliphatic rings. The Kier molecular flexibility index (Phi) is 7.18. The van der Waals surface area contributed by atoms with E-state index in [1.807, 2.05) is 6.07 Å². The first-order valence-corrected chi connectivity index (χ1v) is 11.4. The molecule has 1 heterocycles. The quantitative estimate of drug-likeness (QED) is 0.438. The fraction of sp³-hybridized carbons (Fsp3) is 0.357. The highest BCUT2D eigenvalue weighted by Crippen LogP contribution is 2.39. The van der Waals surface area contributed by atoms with E-state index < -0.39 is 0 Å². The maximum atomic E-state index is 6.72. The van der Waals surface area contributed by atoms with Gasteiger partial charge in [-0.05, 0) is 37.0 Å². The van der Waals surface area contributed by atoms with E-state index in [0.717, 1.165) is 13.0 Å². The molecule has 3 aromatic rings. The number of rotatable bonds is 7. The Balaban J connectivity index is 1.68. The van der Waals surface area contributed by atoms with Gasteiger partial charge < -0.3 is 9.47 Å². The van der Waals surface area contributed by atoms with Crippen LogP contribution in [0, 0.1) is 0 Å². The van der Waals surface area contributed by atoms with Crippen molar-refractivity contribution < 1.29 is 9.47 Å². The van der Waals surface area contributed by atoms with E-state index in [0.29, 0.717) is 0 Å². The molecule has 1 saturated heterocycles. The monoisotopic (exact) mass is 415 g/mol. The van der Waals surface area contributed by atoms with Gasteiger partial charge in [0.15, 0.2) is 6.29 Å². The highest BCUT2D eigenvalue weighted by molar-refractivity contribution is 5.23. The van der Waals surface area contributed by atoms with Crippen LogP contribution in [0.25, 0.3) is 0 Å². The van der Waals surface area contributed by atoms with Crippen LogP contribution in [0.1, 0.15) is 56.0 Å². The summed E-state index contributed by atoms with van der Waals surface area (Å²) in [6.45, 7) is 7.45. The third kappa shape index (κ3) is 5.07. The summed E-state index contributed by atoms with van der Waals surface area (Å²) in [4.78, 5) is 2.54. The first-order chi connectivity index (χ1) is 15.2. The molecule has 162 valence electrons. The van der Waals surface area contributed by atoms with Gasteiger partial charge >= 0.3 is 0 Å². The molecule has 3 aromatic carbocycles. The van der Waals surface area contributed by atoms with Gasteiger partial charge in [-0.25, -0.2) is 0 Å². The predicted molar refractivity (Wildman–Crippen MR) is 126 cm³/mol. The van der Waals surface area contributed by atoms with Gasteiger partial charge in [0.25, 0.3) is 0 Å². The van der Waals surface area contributed by atoms with Crippen molar-refractivity contribution in [2.24, 2.45) is 0 Å². The zero-order chi connectivity index (χ0) is 21.6. The largest absolute Gasteiger partial charge is 0.346 e. The Bertz CT molecular complexity index is 916. The molecule has 0 saturated carbocycles. The number of nitrogens with zero attached hydrogens (tertiary/aromatic N) is 1. The van der Waals surface area contributed by atoms with Gasteiger partial charge in [-0.3, -0.25) is 4.90 Å². The van der Waals surface area contributed by atoms with E-state index in [1.165, 1.54) is 16.7 Å². The van der Waals surface area contributed by atoms with Gasteiger partial charge in [0.1, 0.15) is 0 Å². The van der Waals surface area contributed by atoms with Crippen LogP contribution in [0.4, 0.5) is 0 Å². The molecule has 0 spiro atoms. The van der Waals surface area contributed by atoms with Crippen LogP contribution >= 0.6 is 0 Å². The van der Waals surface area contributed by atoms with Crippen LogP contribution in [0.15, 0.2) is 91.0 Å². The zero-order valence-corrected chi connectivity index (χ0v) is 18.7. The number of ether oxygens (including phenoxy) is 2. The van der Waals surface area contributed by atoms with Gasteiger partial charge in [0.2, 0.25) is 0 Å². The summed E-state index contributed by atoms with van der Waals surface area (Å²) < 4.78 is 13.2. The van der Waals surface area contributed by atoms with Crippen molar-refractivity contribution in [1.82, 2.24) is 4.90 Å². The van der Waals surface area contributed by atoms with Crippen molar-refractivity contribution >= 4 is 0 Å². The topological polar surface area (TPSA) is 21.7 Å². The number of morpholine rings is 1. The molecule has 0 bridgehead atoms. The molecule has 5 atom stereocenters. The summed E-state index contributed by atoms with van der Waals surface area (Å²) in [7, 11) is 0. The lowest BCUT2D eigenvalue weighted by molar-refractivity contribution is -0.269. The SMILES string of the molecule is CCC(OC1OC(C)C(C)N(Cc2ccccc2)[C@H]1c1ccccc1)c1ccccc1. The Hall–Kier alpha value is -2.46. The summed E-state index contributed by atoms with van der Waals surface area (Å²) in [6.07, 6.45) is 0.620. The van der Waals surface area contributed by atoms with Gasteiger partial charge in [-0.1, -0.05) is 97.9 Å². The lowest BCUT2D eigenvalue weighted by Gasteiger charge is -2.48. The molecule has 0 amide bonds. The van der Waals surface area contributed by atoms with Crippen LogP contribution in [0.2, 0.25) is 0 Å². The average molecular weight is 416 g/mol. The maximum Gasteiger partial charge on any atom is 0.178 e. The fourth-order valence-corrected chi connectivity index (χ4v) is 4.46. The van der Waals surface area contributed by atoms with Crippen molar-refractivity contribution in [3.05, 3.63) is 108 Å². The summed E-state index contributed by atoms with van der Waals surface area (Å²) in [5, 5.41) is 0. The minimum Gasteiger partial charge on any atom is -0.346 e. The van der Waals surface area contributed by atoms with Crippen molar-refractivity contribution in [3.63, 3.8) is 0 Å². The zero-order valence-electron chi connectivity index (χ0n) is 18.7. The molecule has 1 fully saturated rings. The van der Waals surface area contributed by atoms with Crippen molar-refractivity contribution in [2.75, 3.05) is 0 Å². The molecule has 1 aliphatic heterocycles. The molecule has 3 heteroatoms. The molecular formula is C28H33NO2. The Labute approximate surface area is 186 Å². The van der Waals surface area contributed by atoms with E-state index in [9.17, 15) is 0 Å². The minimum absolute atomic E-state index is 0.00315. The van der Waals surface area contributed by atoms with Crippen LogP contribution in [0.3, 0.4) is 0 Å². The van der Waals surface area contributed by atoms with Crippen LogP contribution in [0.5, 0.6) is 0 Å². The first-order valence-electron chi connectivity index (χ1n) is 11.4. The predicted octanol–water partition coefficient (Wildman–Crippen LogP) is 6.53. The Morgan fingerprint density at radius 3 is 2.03 bits per heavy atom. The van der Waals surface area contributed by atoms with Gasteiger partial charge in [0, 0.05) is 12.6 Å². The molecule has 4 unspecified atom stereocenters.